The van der Waals surface area contributed by atoms with Crippen molar-refractivity contribution in [3.05, 3.63) is 65.2 Å². The summed E-state index contributed by atoms with van der Waals surface area (Å²) in [6.07, 6.45) is 1.24. The van der Waals surface area contributed by atoms with Gasteiger partial charge in [0.1, 0.15) is 6.07 Å². The van der Waals surface area contributed by atoms with E-state index in [-0.39, 0.29) is 18.6 Å². The van der Waals surface area contributed by atoms with Crippen LogP contribution in [0.1, 0.15) is 29.2 Å². The van der Waals surface area contributed by atoms with E-state index < -0.39 is 0 Å². The van der Waals surface area contributed by atoms with Crippen LogP contribution in [0, 0.1) is 11.3 Å². The predicted octanol–water partition coefficient (Wildman–Crippen LogP) is 2.48. The van der Waals surface area contributed by atoms with Crippen LogP contribution in [0.3, 0.4) is 0 Å². The zero-order valence-corrected chi connectivity index (χ0v) is 14.0. The first-order chi connectivity index (χ1) is 12.2. The Bertz CT molecular complexity index is 798. The fraction of sp³-hybridized carbons (Fsp3) is 0.300. The second kappa shape index (κ2) is 7.93. The summed E-state index contributed by atoms with van der Waals surface area (Å²) < 4.78 is 0. The Labute approximate surface area is 147 Å². The third kappa shape index (κ3) is 3.87. The van der Waals surface area contributed by atoms with Crippen molar-refractivity contribution >= 4 is 11.6 Å². The highest BCUT2D eigenvalue weighted by molar-refractivity contribution is 5.92. The Morgan fingerprint density at radius 2 is 2.00 bits per heavy atom. The number of nitriles is 1. The Balaban J connectivity index is 1.62. The number of hydrogen-bond donors (Lipinski definition) is 2. The number of aliphatic hydroxyl groups is 1. The monoisotopic (exact) mass is 335 g/mol. The van der Waals surface area contributed by atoms with Crippen LogP contribution in [0.2, 0.25) is 0 Å². The van der Waals surface area contributed by atoms with E-state index in [0.29, 0.717) is 24.2 Å². The standard InChI is InChI=1S/C20H21N3O2/c21-13-16-6-2-4-8-18(16)22-20(25)10-12-23-11-9-15-5-1-3-7-17(15)19(23)14-24/h1-8,19,24H,9-12,14H2,(H,22,25). The third-order valence-electron chi connectivity index (χ3n) is 4.64. The van der Waals surface area contributed by atoms with Gasteiger partial charge in [0.15, 0.2) is 0 Å². The van der Waals surface area contributed by atoms with Crippen molar-refractivity contribution in [3.63, 3.8) is 0 Å². The predicted molar refractivity (Wildman–Crippen MR) is 95.9 cm³/mol. The summed E-state index contributed by atoms with van der Waals surface area (Å²) in [6, 6.07) is 17.1. The summed E-state index contributed by atoms with van der Waals surface area (Å²) in [5.74, 6) is -0.127. The van der Waals surface area contributed by atoms with E-state index in [9.17, 15) is 9.90 Å². The number of benzene rings is 2. The Morgan fingerprint density at radius 3 is 2.80 bits per heavy atom. The molecule has 0 fully saturated rings. The molecule has 2 N–H and O–H groups in total. The van der Waals surface area contributed by atoms with Crippen molar-refractivity contribution in [2.45, 2.75) is 18.9 Å². The second-order valence-electron chi connectivity index (χ2n) is 6.14. The van der Waals surface area contributed by atoms with Crippen molar-refractivity contribution in [2.24, 2.45) is 0 Å². The molecule has 1 amide bonds. The number of carbonyl (C=O) groups is 1. The van der Waals surface area contributed by atoms with E-state index in [1.165, 1.54) is 5.56 Å². The highest BCUT2D eigenvalue weighted by atomic mass is 16.3. The topological polar surface area (TPSA) is 76.4 Å². The molecule has 5 nitrogen and oxygen atoms in total. The van der Waals surface area contributed by atoms with Gasteiger partial charge in [-0.05, 0) is 29.7 Å². The molecule has 0 saturated heterocycles. The Hall–Kier alpha value is -2.68. The molecule has 3 rings (SSSR count). The summed E-state index contributed by atoms with van der Waals surface area (Å²) in [4.78, 5) is 14.4. The first-order valence-electron chi connectivity index (χ1n) is 8.44. The first kappa shape index (κ1) is 17.2. The molecule has 0 saturated carbocycles. The number of carbonyl (C=O) groups excluding carboxylic acids is 1. The number of fused-ring (bicyclic) bond motifs is 1. The third-order valence-corrected chi connectivity index (χ3v) is 4.64. The van der Waals surface area contributed by atoms with E-state index in [2.05, 4.69) is 22.4 Å². The van der Waals surface area contributed by atoms with Crippen LogP contribution in [0.5, 0.6) is 0 Å². The second-order valence-corrected chi connectivity index (χ2v) is 6.14. The molecule has 25 heavy (non-hydrogen) atoms. The minimum atomic E-state index is -0.127. The van der Waals surface area contributed by atoms with Crippen molar-refractivity contribution < 1.29 is 9.90 Å². The number of amides is 1. The molecule has 5 heteroatoms. The minimum Gasteiger partial charge on any atom is -0.394 e. The van der Waals surface area contributed by atoms with Gasteiger partial charge in [0, 0.05) is 19.5 Å². The quantitative estimate of drug-likeness (QED) is 0.880. The summed E-state index contributed by atoms with van der Waals surface area (Å²) in [6.45, 7) is 1.43. The molecule has 0 aromatic heterocycles. The molecular formula is C20H21N3O2. The number of rotatable bonds is 5. The summed E-state index contributed by atoms with van der Waals surface area (Å²) in [7, 11) is 0. The summed E-state index contributed by atoms with van der Waals surface area (Å²) in [5.41, 5.74) is 3.41. The molecule has 1 atom stereocenters. The van der Waals surface area contributed by atoms with Gasteiger partial charge in [0.05, 0.1) is 23.9 Å². The Kier molecular flexibility index (Phi) is 5.44. The van der Waals surface area contributed by atoms with Gasteiger partial charge in [-0.2, -0.15) is 5.26 Å². The van der Waals surface area contributed by atoms with E-state index in [4.69, 9.17) is 5.26 Å². The van der Waals surface area contributed by atoms with Crippen LogP contribution >= 0.6 is 0 Å². The molecule has 1 aliphatic heterocycles. The van der Waals surface area contributed by atoms with Gasteiger partial charge in [-0.25, -0.2) is 0 Å². The van der Waals surface area contributed by atoms with Gasteiger partial charge in [-0.3, -0.25) is 9.69 Å². The van der Waals surface area contributed by atoms with Gasteiger partial charge < -0.3 is 10.4 Å². The van der Waals surface area contributed by atoms with Crippen molar-refractivity contribution in [2.75, 3.05) is 25.0 Å². The molecule has 1 heterocycles. The lowest BCUT2D eigenvalue weighted by molar-refractivity contribution is -0.116. The highest BCUT2D eigenvalue weighted by Crippen LogP contribution is 2.29. The van der Waals surface area contributed by atoms with Crippen molar-refractivity contribution in [1.29, 1.82) is 5.26 Å². The number of anilines is 1. The van der Waals surface area contributed by atoms with Crippen LogP contribution < -0.4 is 5.32 Å². The Morgan fingerprint density at radius 1 is 1.24 bits per heavy atom. The highest BCUT2D eigenvalue weighted by Gasteiger charge is 2.26. The van der Waals surface area contributed by atoms with E-state index in [1.54, 1.807) is 24.3 Å². The summed E-state index contributed by atoms with van der Waals surface area (Å²) >= 11 is 0. The van der Waals surface area contributed by atoms with Gasteiger partial charge in [0.2, 0.25) is 5.91 Å². The molecular weight excluding hydrogens is 314 g/mol. The molecule has 0 aliphatic carbocycles. The minimum absolute atomic E-state index is 0.0376. The molecule has 0 radical (unpaired) electrons. The molecule has 0 spiro atoms. The zero-order chi connectivity index (χ0) is 17.6. The van der Waals surface area contributed by atoms with Gasteiger partial charge in [0.25, 0.3) is 0 Å². The molecule has 1 unspecified atom stereocenters. The average molecular weight is 335 g/mol. The largest absolute Gasteiger partial charge is 0.394 e. The number of hydrogen-bond acceptors (Lipinski definition) is 4. The van der Waals surface area contributed by atoms with Crippen LogP contribution in [-0.2, 0) is 11.2 Å². The van der Waals surface area contributed by atoms with Crippen LogP contribution in [-0.4, -0.2) is 35.6 Å². The maximum absolute atomic E-state index is 12.3. The van der Waals surface area contributed by atoms with Crippen molar-refractivity contribution in [1.82, 2.24) is 4.90 Å². The lowest BCUT2D eigenvalue weighted by atomic mass is 9.93. The number of aliphatic hydroxyl groups excluding tert-OH is 1. The number of nitrogens with one attached hydrogen (secondary N) is 1. The lowest BCUT2D eigenvalue weighted by Gasteiger charge is -2.36. The fourth-order valence-corrected chi connectivity index (χ4v) is 3.33. The van der Waals surface area contributed by atoms with Crippen LogP contribution in [0.15, 0.2) is 48.5 Å². The van der Waals surface area contributed by atoms with Crippen molar-refractivity contribution in [3.8, 4) is 6.07 Å². The number of nitrogens with zero attached hydrogens (tertiary/aromatic N) is 2. The molecule has 1 aliphatic rings. The van der Waals surface area contributed by atoms with Gasteiger partial charge in [-0.15, -0.1) is 0 Å². The fourth-order valence-electron chi connectivity index (χ4n) is 3.33. The van der Waals surface area contributed by atoms with Crippen LogP contribution in [0.4, 0.5) is 5.69 Å². The molecule has 2 aromatic carbocycles. The zero-order valence-electron chi connectivity index (χ0n) is 14.0. The number of para-hydroxylation sites is 1. The van der Waals surface area contributed by atoms with Gasteiger partial charge >= 0.3 is 0 Å². The maximum atomic E-state index is 12.3. The van der Waals surface area contributed by atoms with E-state index in [1.807, 2.05) is 18.2 Å². The average Bonchev–Trinajstić information content (AvgIpc) is 2.66. The first-order valence-corrected chi connectivity index (χ1v) is 8.44. The molecule has 2 aromatic rings. The van der Waals surface area contributed by atoms with Crippen LogP contribution in [0.25, 0.3) is 0 Å². The maximum Gasteiger partial charge on any atom is 0.225 e. The normalized spacial score (nSPS) is 16.7. The molecule has 128 valence electrons. The summed E-state index contributed by atoms with van der Waals surface area (Å²) in [5, 5.41) is 21.7. The SMILES string of the molecule is N#Cc1ccccc1NC(=O)CCN1CCc2ccccc2C1CO. The smallest absolute Gasteiger partial charge is 0.225 e. The van der Waals surface area contributed by atoms with E-state index in [0.717, 1.165) is 18.5 Å². The van der Waals surface area contributed by atoms with E-state index >= 15 is 0 Å². The molecule has 0 bridgehead atoms. The lowest BCUT2D eigenvalue weighted by Crippen LogP contribution is -2.39. The van der Waals surface area contributed by atoms with Gasteiger partial charge in [-0.1, -0.05) is 36.4 Å².